The maximum Gasteiger partial charge on any atom is 0.231 e. The fraction of sp³-hybridized carbons (Fsp3) is 0.0625. The largest absolute Gasteiger partial charge is 0.454 e. The number of aromatic amines is 1. The third-order valence-electron chi connectivity index (χ3n) is 3.52. The van der Waals surface area contributed by atoms with Crippen LogP contribution >= 0.6 is 0 Å². The number of anilines is 1. The molecule has 0 atom stereocenters. The summed E-state index contributed by atoms with van der Waals surface area (Å²) in [4.78, 5) is 15.6. The van der Waals surface area contributed by atoms with Gasteiger partial charge >= 0.3 is 0 Å². The summed E-state index contributed by atoms with van der Waals surface area (Å²) in [5, 5.41) is 0.576. The SMILES string of the molecule is Nc1cccc(-c2cc(=O)c3cc4c(cc3[nH]2)OCO4)c1. The smallest absolute Gasteiger partial charge is 0.231 e. The number of nitrogen functional groups attached to an aromatic ring is 1. The highest BCUT2D eigenvalue weighted by molar-refractivity contribution is 5.85. The molecular formula is C16H12N2O3. The number of benzene rings is 2. The maximum absolute atomic E-state index is 12.3. The van der Waals surface area contributed by atoms with Crippen molar-refractivity contribution in [3.63, 3.8) is 0 Å². The first-order chi connectivity index (χ1) is 10.2. The van der Waals surface area contributed by atoms with Gasteiger partial charge in [0.25, 0.3) is 0 Å². The van der Waals surface area contributed by atoms with Crippen molar-refractivity contribution in [2.75, 3.05) is 12.5 Å². The molecule has 5 heteroatoms. The highest BCUT2D eigenvalue weighted by atomic mass is 16.7. The van der Waals surface area contributed by atoms with Gasteiger partial charge in [-0.15, -0.1) is 0 Å². The number of nitrogens with one attached hydrogen (secondary N) is 1. The average Bonchev–Trinajstić information content (AvgIpc) is 2.92. The van der Waals surface area contributed by atoms with Crippen LogP contribution in [0.4, 0.5) is 5.69 Å². The van der Waals surface area contributed by atoms with Gasteiger partial charge in [-0.2, -0.15) is 0 Å². The van der Waals surface area contributed by atoms with Gasteiger partial charge in [0.1, 0.15) is 0 Å². The van der Waals surface area contributed by atoms with E-state index in [9.17, 15) is 4.79 Å². The first kappa shape index (κ1) is 11.8. The highest BCUT2D eigenvalue weighted by Gasteiger charge is 2.16. The molecule has 104 valence electrons. The van der Waals surface area contributed by atoms with E-state index < -0.39 is 0 Å². The fourth-order valence-corrected chi connectivity index (χ4v) is 2.50. The number of hydrogen-bond acceptors (Lipinski definition) is 4. The second-order valence-electron chi connectivity index (χ2n) is 4.92. The summed E-state index contributed by atoms with van der Waals surface area (Å²) in [7, 11) is 0. The molecule has 3 aromatic rings. The van der Waals surface area contributed by atoms with Crippen LogP contribution in [0, 0.1) is 0 Å². The molecule has 2 heterocycles. The molecule has 2 aromatic carbocycles. The predicted molar refractivity (Wildman–Crippen MR) is 80.5 cm³/mol. The van der Waals surface area contributed by atoms with Crippen molar-refractivity contribution in [1.29, 1.82) is 0 Å². The van der Waals surface area contributed by atoms with Crippen LogP contribution in [-0.2, 0) is 0 Å². The van der Waals surface area contributed by atoms with E-state index in [4.69, 9.17) is 15.2 Å². The van der Waals surface area contributed by atoms with Crippen molar-refractivity contribution in [2.45, 2.75) is 0 Å². The number of hydrogen-bond donors (Lipinski definition) is 2. The number of ether oxygens (including phenoxy) is 2. The summed E-state index contributed by atoms with van der Waals surface area (Å²) in [6.45, 7) is 0.182. The Morgan fingerprint density at radius 1 is 1.05 bits per heavy atom. The molecule has 0 spiro atoms. The van der Waals surface area contributed by atoms with Gasteiger partial charge in [0.15, 0.2) is 16.9 Å². The van der Waals surface area contributed by atoms with Crippen LogP contribution in [0.5, 0.6) is 11.5 Å². The van der Waals surface area contributed by atoms with E-state index in [-0.39, 0.29) is 12.2 Å². The molecule has 0 unspecified atom stereocenters. The lowest BCUT2D eigenvalue weighted by molar-refractivity contribution is 0.174. The topological polar surface area (TPSA) is 77.3 Å². The van der Waals surface area contributed by atoms with Crippen LogP contribution in [-0.4, -0.2) is 11.8 Å². The van der Waals surface area contributed by atoms with Gasteiger partial charge in [-0.05, 0) is 18.2 Å². The molecule has 0 fully saturated rings. The van der Waals surface area contributed by atoms with Gasteiger partial charge in [-0.1, -0.05) is 12.1 Å². The Morgan fingerprint density at radius 2 is 1.86 bits per heavy atom. The number of rotatable bonds is 1. The number of fused-ring (bicyclic) bond motifs is 2. The summed E-state index contributed by atoms with van der Waals surface area (Å²) in [5.74, 6) is 1.24. The van der Waals surface area contributed by atoms with E-state index in [0.29, 0.717) is 28.1 Å². The Balaban J connectivity index is 1.97. The first-order valence-electron chi connectivity index (χ1n) is 6.53. The van der Waals surface area contributed by atoms with Gasteiger partial charge in [-0.3, -0.25) is 4.79 Å². The van der Waals surface area contributed by atoms with Crippen molar-refractivity contribution in [2.24, 2.45) is 0 Å². The van der Waals surface area contributed by atoms with Crippen molar-refractivity contribution in [1.82, 2.24) is 4.98 Å². The molecule has 21 heavy (non-hydrogen) atoms. The molecule has 1 aliphatic heterocycles. The number of pyridine rings is 1. The lowest BCUT2D eigenvalue weighted by atomic mass is 10.1. The lowest BCUT2D eigenvalue weighted by Crippen LogP contribution is -2.03. The molecular weight excluding hydrogens is 268 g/mol. The molecule has 4 rings (SSSR count). The second-order valence-corrected chi connectivity index (χ2v) is 4.92. The number of nitrogens with two attached hydrogens (primary N) is 1. The van der Waals surface area contributed by atoms with Gasteiger partial charge in [0.05, 0.1) is 5.52 Å². The molecule has 0 radical (unpaired) electrons. The van der Waals surface area contributed by atoms with Gasteiger partial charge in [-0.25, -0.2) is 0 Å². The van der Waals surface area contributed by atoms with E-state index in [2.05, 4.69) is 4.98 Å². The van der Waals surface area contributed by atoms with E-state index >= 15 is 0 Å². The van der Waals surface area contributed by atoms with Crippen molar-refractivity contribution < 1.29 is 9.47 Å². The van der Waals surface area contributed by atoms with E-state index in [1.54, 1.807) is 24.3 Å². The van der Waals surface area contributed by atoms with Crippen LogP contribution in [0.1, 0.15) is 0 Å². The van der Waals surface area contributed by atoms with E-state index in [1.165, 1.54) is 0 Å². The monoisotopic (exact) mass is 280 g/mol. The van der Waals surface area contributed by atoms with Crippen LogP contribution in [0.15, 0.2) is 47.3 Å². The first-order valence-corrected chi connectivity index (χ1v) is 6.53. The Labute approximate surface area is 119 Å². The standard InChI is InChI=1S/C16H12N2O3/c17-10-3-1-2-9(4-10)12-6-14(19)11-5-15-16(21-8-20-15)7-13(11)18-12/h1-7H,8,17H2,(H,18,19). The van der Waals surface area contributed by atoms with Crippen LogP contribution in [0.25, 0.3) is 22.2 Å². The summed E-state index contributed by atoms with van der Waals surface area (Å²) in [6, 6.07) is 12.5. The molecule has 0 amide bonds. The lowest BCUT2D eigenvalue weighted by Gasteiger charge is -2.06. The zero-order chi connectivity index (χ0) is 14.4. The molecule has 3 N–H and O–H groups in total. The minimum atomic E-state index is -0.0699. The average molecular weight is 280 g/mol. The molecule has 5 nitrogen and oxygen atoms in total. The number of aromatic nitrogens is 1. The predicted octanol–water partition coefficient (Wildman–Crippen LogP) is 2.51. The van der Waals surface area contributed by atoms with E-state index in [1.807, 2.05) is 18.2 Å². The summed E-state index contributed by atoms with van der Waals surface area (Å²) in [5.41, 5.74) is 8.67. The Hall–Kier alpha value is -2.95. The molecule has 0 bridgehead atoms. The summed E-state index contributed by atoms with van der Waals surface area (Å²) in [6.07, 6.45) is 0. The zero-order valence-electron chi connectivity index (χ0n) is 11.1. The molecule has 0 saturated carbocycles. The third-order valence-corrected chi connectivity index (χ3v) is 3.52. The molecule has 0 aliphatic carbocycles. The van der Waals surface area contributed by atoms with Crippen LogP contribution < -0.4 is 20.6 Å². The normalized spacial score (nSPS) is 12.8. The van der Waals surface area contributed by atoms with Crippen molar-refractivity contribution in [3.8, 4) is 22.8 Å². The zero-order valence-corrected chi connectivity index (χ0v) is 11.1. The summed E-state index contributed by atoms with van der Waals surface area (Å²) < 4.78 is 10.6. The van der Waals surface area contributed by atoms with Crippen LogP contribution in [0.2, 0.25) is 0 Å². The Morgan fingerprint density at radius 3 is 2.67 bits per heavy atom. The van der Waals surface area contributed by atoms with Gasteiger partial charge < -0.3 is 20.2 Å². The molecule has 1 aromatic heterocycles. The Kier molecular flexibility index (Phi) is 2.41. The van der Waals surface area contributed by atoms with Gasteiger partial charge in [0.2, 0.25) is 6.79 Å². The van der Waals surface area contributed by atoms with Crippen molar-refractivity contribution in [3.05, 3.63) is 52.7 Å². The maximum atomic E-state index is 12.3. The minimum absolute atomic E-state index is 0.0699. The van der Waals surface area contributed by atoms with Gasteiger partial charge in [0, 0.05) is 34.5 Å². The molecule has 0 saturated heterocycles. The third kappa shape index (κ3) is 1.90. The minimum Gasteiger partial charge on any atom is -0.454 e. The van der Waals surface area contributed by atoms with E-state index in [0.717, 1.165) is 11.3 Å². The highest BCUT2D eigenvalue weighted by Crippen LogP contribution is 2.35. The fourth-order valence-electron chi connectivity index (χ4n) is 2.50. The van der Waals surface area contributed by atoms with Crippen molar-refractivity contribution >= 4 is 16.6 Å². The van der Waals surface area contributed by atoms with Crippen LogP contribution in [0.3, 0.4) is 0 Å². The quantitative estimate of drug-likeness (QED) is 0.671. The summed E-state index contributed by atoms with van der Waals surface area (Å²) >= 11 is 0. The Bertz CT molecular complexity index is 915. The molecule has 1 aliphatic rings. The second kappa shape index (κ2) is 4.28. The number of H-pyrrole nitrogens is 1.